The first-order chi connectivity index (χ1) is 7.04. The fraction of sp³-hybridized carbons (Fsp3) is 0.200. The normalized spacial score (nSPS) is 11.8. The highest BCUT2D eigenvalue weighted by Crippen LogP contribution is 2.14. The number of carbonyl (C=O) groups excluding carboxylic acids is 1. The lowest BCUT2D eigenvalue weighted by molar-refractivity contribution is -0.117. The molecule has 0 aliphatic carbocycles. The molecule has 1 aromatic carbocycles. The van der Waals surface area contributed by atoms with Gasteiger partial charge in [-0.05, 0) is 24.1 Å². The number of hydrogen-bond donors (Lipinski definition) is 1. The van der Waals surface area contributed by atoms with Gasteiger partial charge >= 0.3 is 0 Å². The van der Waals surface area contributed by atoms with Crippen molar-refractivity contribution >= 4 is 21.8 Å². The Balaban J connectivity index is 2.89. The molecule has 0 aliphatic heterocycles. The van der Waals surface area contributed by atoms with E-state index in [-0.39, 0.29) is 5.56 Å². The topological polar surface area (TPSA) is 66.9 Å². The third kappa shape index (κ3) is 3.03. The smallest absolute Gasteiger partial charge is 0.231 e. The zero-order valence-electron chi connectivity index (χ0n) is 7.71. The van der Waals surface area contributed by atoms with Crippen LogP contribution in [0.15, 0.2) is 18.2 Å². The summed E-state index contributed by atoms with van der Waals surface area (Å²) in [5.41, 5.74) is 5.72. The largest absolute Gasteiger partial charge is 0.369 e. The first kappa shape index (κ1) is 11.7. The van der Waals surface area contributed by atoms with E-state index in [4.69, 9.17) is 11.0 Å². The first-order valence-corrected chi connectivity index (χ1v) is 5.08. The van der Waals surface area contributed by atoms with Crippen molar-refractivity contribution in [1.29, 1.82) is 5.26 Å². The molecule has 15 heavy (non-hydrogen) atoms. The summed E-state index contributed by atoms with van der Waals surface area (Å²) in [6.07, 6.45) is 0.338. The van der Waals surface area contributed by atoms with Crippen LogP contribution in [0.4, 0.5) is 4.39 Å². The highest BCUT2D eigenvalue weighted by Gasteiger charge is 2.12. The molecule has 0 radical (unpaired) electrons. The van der Waals surface area contributed by atoms with Crippen molar-refractivity contribution in [1.82, 2.24) is 0 Å². The minimum absolute atomic E-state index is 0.0309. The zero-order valence-corrected chi connectivity index (χ0v) is 9.29. The maximum Gasteiger partial charge on any atom is 0.231 e. The highest BCUT2D eigenvalue weighted by atomic mass is 79.9. The van der Waals surface area contributed by atoms with E-state index < -0.39 is 16.6 Å². The van der Waals surface area contributed by atoms with Crippen LogP contribution in [0.3, 0.4) is 0 Å². The Bertz CT molecular complexity index is 428. The number of nitrogens with zero attached hydrogens (tertiary/aromatic N) is 1. The number of hydrogen-bond acceptors (Lipinski definition) is 2. The molecule has 3 nitrogen and oxygen atoms in total. The molecule has 1 amide bonds. The summed E-state index contributed by atoms with van der Waals surface area (Å²) in [7, 11) is 0. The van der Waals surface area contributed by atoms with Crippen molar-refractivity contribution in [3.63, 3.8) is 0 Å². The molecule has 0 heterocycles. The van der Waals surface area contributed by atoms with Gasteiger partial charge in [-0.15, -0.1) is 0 Å². The quantitative estimate of drug-likeness (QED) is 0.846. The van der Waals surface area contributed by atoms with Gasteiger partial charge in [0.15, 0.2) is 0 Å². The van der Waals surface area contributed by atoms with Gasteiger partial charge in [-0.1, -0.05) is 22.0 Å². The summed E-state index contributed by atoms with van der Waals surface area (Å²) in [5.74, 6) is -1.05. The van der Waals surface area contributed by atoms with Gasteiger partial charge in [0, 0.05) is 0 Å². The van der Waals surface area contributed by atoms with Crippen molar-refractivity contribution in [3.05, 3.63) is 35.1 Å². The second kappa shape index (κ2) is 4.89. The van der Waals surface area contributed by atoms with Gasteiger partial charge in [0.1, 0.15) is 11.9 Å². The van der Waals surface area contributed by atoms with E-state index >= 15 is 0 Å². The summed E-state index contributed by atoms with van der Waals surface area (Å²) in [6, 6.07) is 5.87. The van der Waals surface area contributed by atoms with Crippen molar-refractivity contribution in [2.24, 2.45) is 5.73 Å². The Labute approximate surface area is 94.8 Å². The van der Waals surface area contributed by atoms with E-state index in [1.165, 1.54) is 18.2 Å². The molecule has 0 fully saturated rings. The monoisotopic (exact) mass is 270 g/mol. The maximum atomic E-state index is 12.9. The zero-order chi connectivity index (χ0) is 11.4. The molecule has 1 atom stereocenters. The van der Waals surface area contributed by atoms with Gasteiger partial charge in [0.2, 0.25) is 5.91 Å². The average Bonchev–Trinajstić information content (AvgIpc) is 2.20. The van der Waals surface area contributed by atoms with E-state index in [0.29, 0.717) is 12.0 Å². The molecule has 2 N–H and O–H groups in total. The Hall–Kier alpha value is -1.41. The molecule has 0 aromatic heterocycles. The number of primary amides is 1. The van der Waals surface area contributed by atoms with Gasteiger partial charge in [-0.25, -0.2) is 4.39 Å². The maximum absolute atomic E-state index is 12.9. The van der Waals surface area contributed by atoms with E-state index in [9.17, 15) is 9.18 Å². The summed E-state index contributed by atoms with van der Waals surface area (Å²) >= 11 is 3.09. The van der Waals surface area contributed by atoms with Crippen LogP contribution in [0.25, 0.3) is 0 Å². The molecule has 0 aliphatic rings. The predicted molar refractivity (Wildman–Crippen MR) is 56.7 cm³/mol. The molecule has 5 heteroatoms. The van der Waals surface area contributed by atoms with E-state index in [1.54, 1.807) is 6.07 Å². The molecule has 0 spiro atoms. The Morgan fingerprint density at radius 2 is 2.33 bits per heavy atom. The lowest BCUT2D eigenvalue weighted by Gasteiger charge is -2.05. The summed E-state index contributed by atoms with van der Waals surface area (Å²) in [6.45, 7) is 0. The number of benzene rings is 1. The van der Waals surface area contributed by atoms with Crippen LogP contribution in [0.2, 0.25) is 0 Å². The van der Waals surface area contributed by atoms with Crippen LogP contribution in [0.1, 0.15) is 11.1 Å². The van der Waals surface area contributed by atoms with Crippen molar-refractivity contribution in [2.75, 3.05) is 0 Å². The average molecular weight is 271 g/mol. The molecule has 0 bridgehead atoms. The number of carbonyl (C=O) groups is 1. The molecule has 0 saturated carbocycles. The number of nitriles is 1. The van der Waals surface area contributed by atoms with E-state index in [2.05, 4.69) is 15.9 Å². The van der Waals surface area contributed by atoms with Crippen LogP contribution in [0.5, 0.6) is 0 Å². The van der Waals surface area contributed by atoms with Gasteiger partial charge in [0.05, 0.1) is 10.4 Å². The van der Waals surface area contributed by atoms with Gasteiger partial charge in [-0.3, -0.25) is 4.79 Å². The van der Waals surface area contributed by atoms with Crippen LogP contribution < -0.4 is 5.73 Å². The second-order valence-electron chi connectivity index (χ2n) is 3.00. The lowest BCUT2D eigenvalue weighted by Crippen LogP contribution is -2.25. The lowest BCUT2D eigenvalue weighted by atomic mass is 10.1. The molecule has 78 valence electrons. The minimum Gasteiger partial charge on any atom is -0.369 e. The molecular formula is C10H8BrFN2O. The van der Waals surface area contributed by atoms with Crippen LogP contribution in [-0.2, 0) is 11.2 Å². The Morgan fingerprint density at radius 1 is 1.67 bits per heavy atom. The number of nitrogens with two attached hydrogens (primary N) is 1. The summed E-state index contributed by atoms with van der Waals surface area (Å²) in [5, 5.41) is 8.59. The number of alkyl halides is 1. The minimum atomic E-state index is -0.563. The summed E-state index contributed by atoms with van der Waals surface area (Å²) in [4.78, 5) is 10.3. The van der Waals surface area contributed by atoms with Crippen molar-refractivity contribution < 1.29 is 9.18 Å². The van der Waals surface area contributed by atoms with Gasteiger partial charge in [0.25, 0.3) is 0 Å². The first-order valence-electron chi connectivity index (χ1n) is 4.16. The van der Waals surface area contributed by atoms with Gasteiger partial charge < -0.3 is 5.73 Å². The van der Waals surface area contributed by atoms with E-state index in [1.807, 2.05) is 0 Å². The van der Waals surface area contributed by atoms with Crippen LogP contribution in [0, 0.1) is 17.1 Å². The van der Waals surface area contributed by atoms with E-state index in [0.717, 1.165) is 0 Å². The molecule has 1 rings (SSSR count). The summed E-state index contributed by atoms with van der Waals surface area (Å²) < 4.78 is 12.9. The molecule has 1 aromatic rings. The molecular weight excluding hydrogens is 263 g/mol. The van der Waals surface area contributed by atoms with Gasteiger partial charge in [-0.2, -0.15) is 5.26 Å². The third-order valence-corrected chi connectivity index (χ3v) is 2.65. The fourth-order valence-electron chi connectivity index (χ4n) is 1.09. The van der Waals surface area contributed by atoms with Crippen molar-refractivity contribution in [2.45, 2.75) is 11.2 Å². The predicted octanol–water partition coefficient (Wildman–Crippen LogP) is 1.49. The third-order valence-electron chi connectivity index (χ3n) is 1.87. The Kier molecular flexibility index (Phi) is 3.81. The second-order valence-corrected chi connectivity index (χ2v) is 4.11. The van der Waals surface area contributed by atoms with Crippen LogP contribution >= 0.6 is 15.9 Å². The Morgan fingerprint density at radius 3 is 2.87 bits per heavy atom. The van der Waals surface area contributed by atoms with Crippen molar-refractivity contribution in [3.8, 4) is 6.07 Å². The number of rotatable bonds is 3. The standard InChI is InChI=1S/C10H8BrFN2O/c11-8(10(14)15)4-6-1-2-9(12)7(3-6)5-13/h1-3,8H,4H2,(H2,14,15). The number of halogens is 2. The fourth-order valence-corrected chi connectivity index (χ4v) is 1.47. The number of amides is 1. The molecule has 0 saturated heterocycles. The highest BCUT2D eigenvalue weighted by molar-refractivity contribution is 9.10. The molecule has 1 unspecified atom stereocenters. The van der Waals surface area contributed by atoms with Crippen LogP contribution in [-0.4, -0.2) is 10.7 Å². The SMILES string of the molecule is N#Cc1cc(CC(Br)C(N)=O)ccc1F.